The summed E-state index contributed by atoms with van der Waals surface area (Å²) in [5.41, 5.74) is 2.38. The number of amides is 1. The number of halogens is 1. The van der Waals surface area contributed by atoms with E-state index in [1.807, 2.05) is 33.2 Å². The standard InChI is InChI=1S/C18H33N5O2S.HI/c1-7-8-9-14(10-21-17(24)25-18(3,4)5)23-16(19-6)20-11-15-13(2)22-12-26-15;/h12,14H,7-11H2,1-6H3,(H,21,24)(H2,19,20,23);1H. The van der Waals surface area contributed by atoms with Crippen LogP contribution in [0.2, 0.25) is 0 Å². The summed E-state index contributed by atoms with van der Waals surface area (Å²) in [4.78, 5) is 21.6. The molecule has 156 valence electrons. The van der Waals surface area contributed by atoms with Crippen molar-refractivity contribution in [2.24, 2.45) is 4.99 Å². The minimum absolute atomic E-state index is 0. The predicted molar refractivity (Wildman–Crippen MR) is 123 cm³/mol. The molecule has 27 heavy (non-hydrogen) atoms. The fourth-order valence-corrected chi connectivity index (χ4v) is 2.96. The van der Waals surface area contributed by atoms with Gasteiger partial charge in [-0.1, -0.05) is 19.8 Å². The highest BCUT2D eigenvalue weighted by molar-refractivity contribution is 14.0. The number of nitrogens with one attached hydrogen (secondary N) is 3. The largest absolute Gasteiger partial charge is 0.444 e. The number of aliphatic imine (C=N–C) groups is 1. The molecule has 1 atom stereocenters. The van der Waals surface area contributed by atoms with Crippen molar-refractivity contribution >= 4 is 47.4 Å². The lowest BCUT2D eigenvalue weighted by atomic mass is 10.1. The second-order valence-electron chi connectivity index (χ2n) is 7.15. The summed E-state index contributed by atoms with van der Waals surface area (Å²) in [5, 5.41) is 9.54. The molecular formula is C18H34IN5O2S. The number of carbonyl (C=O) groups is 1. The number of aromatic nitrogens is 1. The van der Waals surface area contributed by atoms with E-state index in [0.29, 0.717) is 19.0 Å². The van der Waals surface area contributed by atoms with Crippen molar-refractivity contribution in [2.45, 2.75) is 72.1 Å². The first kappa shape index (κ1) is 25.9. The van der Waals surface area contributed by atoms with E-state index in [1.54, 1.807) is 18.4 Å². The molecule has 0 bridgehead atoms. The van der Waals surface area contributed by atoms with Crippen LogP contribution in [-0.4, -0.2) is 42.3 Å². The van der Waals surface area contributed by atoms with Crippen molar-refractivity contribution in [3.63, 3.8) is 0 Å². The molecule has 1 heterocycles. The van der Waals surface area contributed by atoms with Crippen molar-refractivity contribution < 1.29 is 9.53 Å². The average Bonchev–Trinajstić information content (AvgIpc) is 2.96. The highest BCUT2D eigenvalue weighted by Gasteiger charge is 2.18. The van der Waals surface area contributed by atoms with Gasteiger partial charge < -0.3 is 20.7 Å². The second-order valence-corrected chi connectivity index (χ2v) is 8.09. The molecule has 0 aliphatic rings. The highest BCUT2D eigenvalue weighted by atomic mass is 127. The van der Waals surface area contributed by atoms with Crippen molar-refractivity contribution in [3.05, 3.63) is 16.1 Å². The van der Waals surface area contributed by atoms with Crippen LogP contribution in [-0.2, 0) is 11.3 Å². The van der Waals surface area contributed by atoms with Gasteiger partial charge >= 0.3 is 6.09 Å². The van der Waals surface area contributed by atoms with Gasteiger partial charge in [-0.2, -0.15) is 0 Å². The predicted octanol–water partition coefficient (Wildman–Crippen LogP) is 3.82. The van der Waals surface area contributed by atoms with E-state index < -0.39 is 11.7 Å². The zero-order chi connectivity index (χ0) is 19.6. The molecule has 1 rings (SSSR count). The summed E-state index contributed by atoms with van der Waals surface area (Å²) >= 11 is 1.62. The highest BCUT2D eigenvalue weighted by Crippen LogP contribution is 2.11. The molecule has 0 saturated carbocycles. The minimum atomic E-state index is -0.499. The lowest BCUT2D eigenvalue weighted by Gasteiger charge is -2.24. The monoisotopic (exact) mass is 511 g/mol. The summed E-state index contributed by atoms with van der Waals surface area (Å²) < 4.78 is 5.30. The summed E-state index contributed by atoms with van der Waals surface area (Å²) in [6.07, 6.45) is 2.70. The van der Waals surface area contributed by atoms with E-state index in [1.165, 1.54) is 4.88 Å². The van der Waals surface area contributed by atoms with Crippen LogP contribution < -0.4 is 16.0 Å². The second kappa shape index (κ2) is 13.1. The number of ether oxygens (including phenoxy) is 1. The van der Waals surface area contributed by atoms with Crippen LogP contribution in [0.25, 0.3) is 0 Å². The molecule has 3 N–H and O–H groups in total. The number of rotatable bonds is 8. The zero-order valence-electron chi connectivity index (χ0n) is 17.2. The van der Waals surface area contributed by atoms with Gasteiger partial charge in [0.05, 0.1) is 17.7 Å². The molecule has 1 aromatic rings. The molecule has 1 amide bonds. The topological polar surface area (TPSA) is 87.6 Å². The summed E-state index contributed by atoms with van der Waals surface area (Å²) in [7, 11) is 1.74. The average molecular weight is 511 g/mol. The van der Waals surface area contributed by atoms with Crippen LogP contribution in [0.15, 0.2) is 10.5 Å². The number of alkyl carbamates (subject to hydrolysis) is 1. The van der Waals surface area contributed by atoms with Gasteiger partial charge in [0.2, 0.25) is 0 Å². The normalized spacial score (nSPS) is 12.7. The molecule has 0 fully saturated rings. The Hall–Kier alpha value is -1.10. The molecule has 1 unspecified atom stereocenters. The van der Waals surface area contributed by atoms with Crippen LogP contribution in [0.3, 0.4) is 0 Å². The maximum absolute atomic E-state index is 11.9. The number of unbranched alkanes of at least 4 members (excludes halogenated alkanes) is 1. The van der Waals surface area contributed by atoms with Gasteiger partial charge in [0, 0.05) is 24.5 Å². The molecule has 0 aliphatic carbocycles. The van der Waals surface area contributed by atoms with Gasteiger partial charge in [-0.05, 0) is 34.1 Å². The molecule has 1 aromatic heterocycles. The minimum Gasteiger partial charge on any atom is -0.444 e. The lowest BCUT2D eigenvalue weighted by molar-refractivity contribution is 0.0523. The van der Waals surface area contributed by atoms with Gasteiger partial charge in [-0.3, -0.25) is 4.99 Å². The molecule has 0 aromatic carbocycles. The first-order valence-corrected chi connectivity index (χ1v) is 9.96. The van der Waals surface area contributed by atoms with Crippen molar-refractivity contribution in [1.82, 2.24) is 20.9 Å². The molecule has 0 aliphatic heterocycles. The Balaban J connectivity index is 0.00000676. The van der Waals surface area contributed by atoms with E-state index in [9.17, 15) is 4.79 Å². The van der Waals surface area contributed by atoms with Gasteiger partial charge in [-0.15, -0.1) is 35.3 Å². The number of guanidine groups is 1. The van der Waals surface area contributed by atoms with Gasteiger partial charge in [0.25, 0.3) is 0 Å². The fourth-order valence-electron chi connectivity index (χ4n) is 2.24. The third-order valence-electron chi connectivity index (χ3n) is 3.62. The van der Waals surface area contributed by atoms with Gasteiger partial charge in [0.1, 0.15) is 5.60 Å². The maximum Gasteiger partial charge on any atom is 0.407 e. The maximum atomic E-state index is 11.9. The number of thiazole rings is 1. The smallest absolute Gasteiger partial charge is 0.407 e. The fraction of sp³-hybridized carbons (Fsp3) is 0.722. The SMILES string of the molecule is CCCCC(CNC(=O)OC(C)(C)C)NC(=NC)NCc1scnc1C.I. The Labute approximate surface area is 184 Å². The van der Waals surface area contributed by atoms with Crippen molar-refractivity contribution in [2.75, 3.05) is 13.6 Å². The molecule has 0 saturated heterocycles. The first-order valence-electron chi connectivity index (χ1n) is 9.08. The van der Waals surface area contributed by atoms with Crippen molar-refractivity contribution in [1.29, 1.82) is 0 Å². The molecule has 0 radical (unpaired) electrons. The Morgan fingerprint density at radius 2 is 2.07 bits per heavy atom. The van der Waals surface area contributed by atoms with E-state index in [4.69, 9.17) is 4.74 Å². The zero-order valence-corrected chi connectivity index (χ0v) is 20.4. The third kappa shape index (κ3) is 11.4. The lowest BCUT2D eigenvalue weighted by Crippen LogP contribution is -2.48. The summed E-state index contributed by atoms with van der Waals surface area (Å²) in [6.45, 7) is 10.9. The van der Waals surface area contributed by atoms with Crippen LogP contribution in [0.4, 0.5) is 4.79 Å². The summed E-state index contributed by atoms with van der Waals surface area (Å²) in [6, 6.07) is 0.0798. The number of nitrogens with zero attached hydrogens (tertiary/aromatic N) is 2. The van der Waals surface area contributed by atoms with E-state index in [2.05, 4.69) is 32.9 Å². The van der Waals surface area contributed by atoms with E-state index in [0.717, 1.165) is 25.0 Å². The van der Waals surface area contributed by atoms with Crippen LogP contribution in [0, 0.1) is 6.92 Å². The Morgan fingerprint density at radius 3 is 2.59 bits per heavy atom. The number of aryl methyl sites for hydroxylation is 1. The quantitative estimate of drug-likeness (QED) is 0.281. The first-order chi connectivity index (χ1) is 12.2. The van der Waals surface area contributed by atoms with Gasteiger partial charge in [0.15, 0.2) is 5.96 Å². The number of hydrogen-bond acceptors (Lipinski definition) is 5. The molecule has 0 spiro atoms. The third-order valence-corrected chi connectivity index (χ3v) is 4.56. The number of hydrogen-bond donors (Lipinski definition) is 3. The van der Waals surface area contributed by atoms with Crippen molar-refractivity contribution in [3.8, 4) is 0 Å². The molecule has 9 heteroatoms. The Morgan fingerprint density at radius 1 is 1.37 bits per heavy atom. The molecular weight excluding hydrogens is 477 g/mol. The van der Waals surface area contributed by atoms with E-state index in [-0.39, 0.29) is 30.0 Å². The Bertz CT molecular complexity index is 587. The summed E-state index contributed by atoms with van der Waals surface area (Å²) in [5.74, 6) is 0.713. The Kier molecular flexibility index (Phi) is 12.6. The molecule has 7 nitrogen and oxygen atoms in total. The van der Waals surface area contributed by atoms with Gasteiger partial charge in [-0.25, -0.2) is 9.78 Å². The van der Waals surface area contributed by atoms with Crippen LogP contribution in [0.1, 0.15) is 57.5 Å². The van der Waals surface area contributed by atoms with Crippen LogP contribution in [0.5, 0.6) is 0 Å². The number of carbonyl (C=O) groups excluding carboxylic acids is 1. The van der Waals surface area contributed by atoms with Crippen LogP contribution >= 0.6 is 35.3 Å². The van der Waals surface area contributed by atoms with E-state index >= 15 is 0 Å².